The number of thiocarbonyl (C=S) groups is 1. The standard InChI is InChI=1S/C27H26BrN3O4S/c1-34-23-13-8-18(16-24(23)35-2)14-15-30(27(36)29-20-6-4-3-5-7-20)22-17-25(32)31(26(22)33)21-11-9-19(28)10-12-21/h3-13,16,22H,14-15,17H2,1-2H3,(H,29,36). The van der Waals surface area contributed by atoms with Crippen LogP contribution in [0.3, 0.4) is 0 Å². The number of carbonyl (C=O) groups excluding carboxylic acids is 2. The van der Waals surface area contributed by atoms with Gasteiger partial charge in [0.05, 0.1) is 26.3 Å². The van der Waals surface area contributed by atoms with E-state index >= 15 is 0 Å². The number of nitrogens with one attached hydrogen (secondary N) is 1. The molecule has 2 amide bonds. The van der Waals surface area contributed by atoms with E-state index in [1.807, 2.05) is 48.5 Å². The largest absolute Gasteiger partial charge is 0.493 e. The predicted octanol–water partition coefficient (Wildman–Crippen LogP) is 5.04. The Labute approximate surface area is 224 Å². The van der Waals surface area contributed by atoms with Crippen molar-refractivity contribution in [3.8, 4) is 11.5 Å². The van der Waals surface area contributed by atoms with Crippen LogP contribution in [0.25, 0.3) is 0 Å². The van der Waals surface area contributed by atoms with Crippen molar-refractivity contribution in [2.75, 3.05) is 31.0 Å². The van der Waals surface area contributed by atoms with Crippen LogP contribution in [-0.2, 0) is 16.0 Å². The van der Waals surface area contributed by atoms with Crippen LogP contribution in [0.5, 0.6) is 11.5 Å². The van der Waals surface area contributed by atoms with E-state index in [-0.39, 0.29) is 18.2 Å². The topological polar surface area (TPSA) is 71.1 Å². The molecular formula is C27H26BrN3O4S. The van der Waals surface area contributed by atoms with E-state index in [2.05, 4.69) is 21.2 Å². The average Bonchev–Trinajstić information content (AvgIpc) is 3.18. The van der Waals surface area contributed by atoms with Crippen molar-refractivity contribution < 1.29 is 19.1 Å². The molecule has 0 saturated carbocycles. The number of anilines is 2. The molecular weight excluding hydrogens is 542 g/mol. The summed E-state index contributed by atoms with van der Waals surface area (Å²) in [5.41, 5.74) is 2.33. The number of ether oxygens (including phenoxy) is 2. The zero-order chi connectivity index (χ0) is 25.7. The molecule has 0 radical (unpaired) electrons. The maximum Gasteiger partial charge on any atom is 0.257 e. The fraction of sp³-hybridized carbons (Fsp3) is 0.222. The van der Waals surface area contributed by atoms with Gasteiger partial charge in [0.1, 0.15) is 6.04 Å². The lowest BCUT2D eigenvalue weighted by Gasteiger charge is -2.30. The van der Waals surface area contributed by atoms with Gasteiger partial charge in [0.15, 0.2) is 16.6 Å². The SMILES string of the molecule is COc1ccc(CCN(C(=S)Nc2ccccc2)C2CC(=O)N(c3ccc(Br)cc3)C2=O)cc1OC. The monoisotopic (exact) mass is 567 g/mol. The number of halogens is 1. The summed E-state index contributed by atoms with van der Waals surface area (Å²) in [7, 11) is 3.18. The summed E-state index contributed by atoms with van der Waals surface area (Å²) in [6.07, 6.45) is 0.616. The van der Waals surface area contributed by atoms with Crippen LogP contribution in [0.15, 0.2) is 77.3 Å². The fourth-order valence-electron chi connectivity index (χ4n) is 4.12. The number of hydrogen-bond donors (Lipinski definition) is 1. The molecule has 1 unspecified atom stereocenters. The van der Waals surface area contributed by atoms with Crippen LogP contribution in [0.2, 0.25) is 0 Å². The summed E-state index contributed by atoms with van der Waals surface area (Å²) in [5.74, 6) is 0.707. The molecule has 1 aliphatic heterocycles. The van der Waals surface area contributed by atoms with Gasteiger partial charge in [-0.05, 0) is 72.7 Å². The third-order valence-corrected chi connectivity index (χ3v) is 6.82. The quantitative estimate of drug-likeness (QED) is 0.302. The lowest BCUT2D eigenvalue weighted by atomic mass is 10.1. The third kappa shape index (κ3) is 5.68. The van der Waals surface area contributed by atoms with Gasteiger partial charge in [-0.15, -0.1) is 0 Å². The number of para-hydroxylation sites is 1. The van der Waals surface area contributed by atoms with Gasteiger partial charge in [-0.1, -0.05) is 40.2 Å². The molecule has 1 N–H and O–H groups in total. The first kappa shape index (κ1) is 25.7. The van der Waals surface area contributed by atoms with E-state index in [1.165, 1.54) is 4.90 Å². The number of hydrogen-bond acceptors (Lipinski definition) is 5. The van der Waals surface area contributed by atoms with Gasteiger partial charge < -0.3 is 19.7 Å². The minimum Gasteiger partial charge on any atom is -0.493 e. The second-order valence-electron chi connectivity index (χ2n) is 8.19. The zero-order valence-electron chi connectivity index (χ0n) is 19.9. The minimum atomic E-state index is -0.718. The first-order valence-electron chi connectivity index (χ1n) is 11.4. The van der Waals surface area contributed by atoms with Crippen molar-refractivity contribution in [3.05, 3.63) is 82.8 Å². The fourth-order valence-corrected chi connectivity index (χ4v) is 4.72. The molecule has 0 bridgehead atoms. The number of rotatable bonds is 8. The van der Waals surface area contributed by atoms with E-state index in [0.29, 0.717) is 35.3 Å². The predicted molar refractivity (Wildman–Crippen MR) is 148 cm³/mol. The summed E-state index contributed by atoms with van der Waals surface area (Å²) in [5, 5.41) is 3.60. The summed E-state index contributed by atoms with van der Waals surface area (Å²) in [6, 6.07) is 21.6. The van der Waals surface area contributed by atoms with Crippen LogP contribution >= 0.6 is 28.1 Å². The number of amides is 2. The Morgan fingerprint density at radius 1 is 1.03 bits per heavy atom. The normalized spacial score (nSPS) is 15.1. The molecule has 0 spiro atoms. The highest BCUT2D eigenvalue weighted by molar-refractivity contribution is 9.10. The maximum absolute atomic E-state index is 13.5. The Balaban J connectivity index is 1.59. The van der Waals surface area contributed by atoms with E-state index in [4.69, 9.17) is 21.7 Å². The van der Waals surface area contributed by atoms with Gasteiger partial charge in [-0.25, -0.2) is 4.90 Å². The van der Waals surface area contributed by atoms with Crippen molar-refractivity contribution >= 4 is 56.4 Å². The Morgan fingerprint density at radius 3 is 2.39 bits per heavy atom. The van der Waals surface area contributed by atoms with Crippen LogP contribution in [0.1, 0.15) is 12.0 Å². The molecule has 1 saturated heterocycles. The number of benzene rings is 3. The Morgan fingerprint density at radius 2 is 1.72 bits per heavy atom. The minimum absolute atomic E-state index is 0.0391. The van der Waals surface area contributed by atoms with Crippen molar-refractivity contribution in [1.82, 2.24) is 4.90 Å². The lowest BCUT2D eigenvalue weighted by molar-refractivity contribution is -0.122. The summed E-state index contributed by atoms with van der Waals surface area (Å²) >= 11 is 9.14. The summed E-state index contributed by atoms with van der Waals surface area (Å²) in [4.78, 5) is 29.5. The molecule has 1 fully saturated rings. The van der Waals surface area contributed by atoms with Crippen LogP contribution < -0.4 is 19.7 Å². The Hall–Kier alpha value is -3.43. The molecule has 0 aliphatic carbocycles. The first-order chi connectivity index (χ1) is 17.4. The molecule has 0 aromatic heterocycles. The number of carbonyl (C=O) groups is 2. The van der Waals surface area contributed by atoms with Crippen molar-refractivity contribution in [2.45, 2.75) is 18.9 Å². The molecule has 9 heteroatoms. The van der Waals surface area contributed by atoms with Gasteiger partial charge in [-0.2, -0.15) is 0 Å². The highest BCUT2D eigenvalue weighted by atomic mass is 79.9. The number of imide groups is 1. The summed E-state index contributed by atoms with van der Waals surface area (Å²) in [6.45, 7) is 0.423. The maximum atomic E-state index is 13.5. The zero-order valence-corrected chi connectivity index (χ0v) is 22.3. The van der Waals surface area contributed by atoms with Gasteiger partial charge >= 0.3 is 0 Å². The average molecular weight is 568 g/mol. The smallest absolute Gasteiger partial charge is 0.257 e. The molecule has 1 heterocycles. The van der Waals surface area contributed by atoms with Crippen molar-refractivity contribution in [3.63, 3.8) is 0 Å². The van der Waals surface area contributed by atoms with Gasteiger partial charge in [0.25, 0.3) is 5.91 Å². The molecule has 4 rings (SSSR count). The van der Waals surface area contributed by atoms with E-state index < -0.39 is 6.04 Å². The Bertz CT molecular complexity index is 1250. The van der Waals surface area contributed by atoms with Crippen LogP contribution in [0, 0.1) is 0 Å². The van der Waals surface area contributed by atoms with E-state index in [0.717, 1.165) is 15.7 Å². The van der Waals surface area contributed by atoms with Gasteiger partial charge in [-0.3, -0.25) is 9.59 Å². The molecule has 36 heavy (non-hydrogen) atoms. The lowest BCUT2D eigenvalue weighted by Crippen LogP contribution is -2.48. The highest BCUT2D eigenvalue weighted by Gasteiger charge is 2.43. The van der Waals surface area contributed by atoms with Gasteiger partial charge in [0, 0.05) is 16.7 Å². The number of nitrogens with zero attached hydrogens (tertiary/aromatic N) is 2. The highest BCUT2D eigenvalue weighted by Crippen LogP contribution is 2.30. The van der Waals surface area contributed by atoms with Crippen LogP contribution in [0.4, 0.5) is 11.4 Å². The summed E-state index contributed by atoms with van der Waals surface area (Å²) < 4.78 is 11.6. The number of methoxy groups -OCH3 is 2. The first-order valence-corrected chi connectivity index (χ1v) is 12.6. The van der Waals surface area contributed by atoms with Crippen molar-refractivity contribution in [1.29, 1.82) is 0 Å². The Kier molecular flexibility index (Phi) is 8.22. The van der Waals surface area contributed by atoms with E-state index in [1.54, 1.807) is 43.4 Å². The molecule has 3 aromatic rings. The van der Waals surface area contributed by atoms with Crippen LogP contribution in [-0.4, -0.2) is 48.6 Å². The van der Waals surface area contributed by atoms with Gasteiger partial charge in [0.2, 0.25) is 5.91 Å². The molecule has 7 nitrogen and oxygen atoms in total. The van der Waals surface area contributed by atoms with Crippen molar-refractivity contribution in [2.24, 2.45) is 0 Å². The molecule has 3 aromatic carbocycles. The van der Waals surface area contributed by atoms with E-state index in [9.17, 15) is 9.59 Å². The second kappa shape index (κ2) is 11.5. The molecule has 186 valence electrons. The molecule has 1 aliphatic rings. The third-order valence-electron chi connectivity index (χ3n) is 5.96. The molecule has 1 atom stereocenters. The second-order valence-corrected chi connectivity index (χ2v) is 9.50.